The maximum Gasteiger partial charge on any atom is 0.475 e. The number of amides is 1. The summed E-state index contributed by atoms with van der Waals surface area (Å²) < 4.78 is 117. The number of alkyl carbamates (subject to hydrolysis) is 1. The molecule has 3 saturated heterocycles. The van der Waals surface area contributed by atoms with E-state index in [2.05, 4.69) is 36.1 Å². The lowest BCUT2D eigenvalue weighted by Crippen LogP contribution is -2.66. The van der Waals surface area contributed by atoms with Crippen molar-refractivity contribution in [3.05, 3.63) is 190 Å². The minimum absolute atomic E-state index is 0.00623. The summed E-state index contributed by atoms with van der Waals surface area (Å²) in [6, 6.07) is 44.3. The fourth-order valence-corrected chi connectivity index (χ4v) is 15.7. The van der Waals surface area contributed by atoms with Crippen LogP contribution in [0.1, 0.15) is 81.7 Å². The Kier molecular flexibility index (Phi) is 19.1. The van der Waals surface area contributed by atoms with Crippen molar-refractivity contribution in [3.63, 3.8) is 0 Å². The standard InChI is InChI=1S/C63H76N4O17P2/c1-60(2)47-31-32-62(60,5)63(35-47)82-55-54-53(80-61(3,4)81-54)52(57(56(55)83-63)84-86(71,76-39-45-27-17-9-18-28-45)77-40-46-29-19-10-20-30-46)79-58-49(66-67-64)51(72-36-42-21-11-6-12-22-42)50(68)48(78-58)41-75-85(70,74-38-44-25-15-8-16-26-44)34-33-65-59(69)73-37-43-23-13-7-14-24-43/h6-30,47-58,68H,31-41H2,1-5H3,(H,65,69)/t47-,48-,49-,50-,51-,52-,53-,54+,55-,56-,57+,58-,62-,63?,85?/m1/s1. The van der Waals surface area contributed by atoms with Crippen molar-refractivity contribution < 1.29 is 79.5 Å². The zero-order chi connectivity index (χ0) is 60.2. The van der Waals surface area contributed by atoms with Gasteiger partial charge in [0.1, 0.15) is 61.5 Å². The van der Waals surface area contributed by atoms with Crippen LogP contribution in [0.25, 0.3) is 10.4 Å². The van der Waals surface area contributed by atoms with Crippen LogP contribution in [0, 0.1) is 16.7 Å². The van der Waals surface area contributed by atoms with Gasteiger partial charge in [0.2, 0.25) is 0 Å². The Morgan fingerprint density at radius 1 is 0.651 bits per heavy atom. The maximum absolute atomic E-state index is 15.8. The molecule has 15 atom stereocenters. The van der Waals surface area contributed by atoms with Gasteiger partial charge in [0.15, 0.2) is 17.9 Å². The molecule has 1 spiro atoms. The van der Waals surface area contributed by atoms with Gasteiger partial charge in [-0.2, -0.15) is 0 Å². The highest BCUT2D eigenvalue weighted by Gasteiger charge is 2.77. The molecule has 3 aliphatic carbocycles. The third-order valence-electron chi connectivity index (χ3n) is 17.9. The number of nitrogens with one attached hydrogen (secondary N) is 1. The Hall–Kier alpha value is -5.38. The molecule has 460 valence electrons. The average Bonchev–Trinajstić information content (AvgIpc) is 1.55. The van der Waals surface area contributed by atoms with Crippen LogP contribution in [-0.2, 0) is 103 Å². The summed E-state index contributed by atoms with van der Waals surface area (Å²) >= 11 is 0. The molecule has 6 fully saturated rings. The monoisotopic (exact) mass is 1220 g/mol. The molecule has 11 rings (SSSR count). The molecule has 0 radical (unpaired) electrons. The van der Waals surface area contributed by atoms with Gasteiger partial charge in [-0.05, 0) is 71.4 Å². The predicted octanol–water partition coefficient (Wildman–Crippen LogP) is 11.9. The number of nitrogens with zero attached hydrogens (tertiary/aromatic N) is 3. The minimum Gasteiger partial charge on any atom is -0.445 e. The SMILES string of the molecule is CC1(C)O[C@@H]2[C@@H](O[C@H]3O[C@H](COP(=O)(CCNC(=O)OCc4ccccc4)OCc4ccccc4)[C@@H](O)[C@H](OCc4ccccc4)[C@H]3N=[N+]=[N-])[C@H](OP(=O)(OCc3ccccc3)OCc3ccccc3)[C@@H]3OC4(C[C@H]5CC[C@]4(C)C5(C)C)O[C@@H]3[C@H]2O1. The number of phosphoric acid groups is 1. The molecule has 2 unspecified atom stereocenters. The first-order valence-electron chi connectivity index (χ1n) is 29.3. The van der Waals surface area contributed by atoms with Crippen molar-refractivity contribution in [2.24, 2.45) is 21.9 Å². The largest absolute Gasteiger partial charge is 0.475 e. The number of ether oxygens (including phenoxy) is 8. The lowest BCUT2D eigenvalue weighted by atomic mass is 9.68. The number of hydrogen-bond donors (Lipinski definition) is 2. The highest BCUT2D eigenvalue weighted by Crippen LogP contribution is 2.73. The number of carbonyl (C=O) groups excluding carboxylic acids is 1. The van der Waals surface area contributed by atoms with Crippen molar-refractivity contribution in [2.45, 2.75) is 166 Å². The highest BCUT2D eigenvalue weighted by molar-refractivity contribution is 7.53. The summed E-state index contributed by atoms with van der Waals surface area (Å²) in [5.41, 5.74) is 13.2. The lowest BCUT2D eigenvalue weighted by Gasteiger charge is -2.48. The first kappa shape index (κ1) is 62.2. The Morgan fingerprint density at radius 3 is 1.69 bits per heavy atom. The molecule has 86 heavy (non-hydrogen) atoms. The van der Waals surface area contributed by atoms with Crippen LogP contribution < -0.4 is 5.32 Å². The number of carbonyl (C=O) groups is 1. The summed E-state index contributed by atoms with van der Waals surface area (Å²) in [7, 11) is -8.94. The van der Waals surface area contributed by atoms with Gasteiger partial charge >= 0.3 is 21.5 Å². The van der Waals surface area contributed by atoms with Crippen LogP contribution in [-0.4, -0.2) is 109 Å². The molecule has 3 aliphatic heterocycles. The molecule has 0 aromatic heterocycles. The first-order chi connectivity index (χ1) is 41.4. The third kappa shape index (κ3) is 13.6. The number of aliphatic hydroxyl groups is 1. The third-order valence-corrected chi connectivity index (χ3v) is 21.1. The van der Waals surface area contributed by atoms with Crippen LogP contribution in [0.5, 0.6) is 0 Å². The van der Waals surface area contributed by atoms with Crippen LogP contribution in [0.3, 0.4) is 0 Å². The normalized spacial score (nSPS) is 32.0. The Labute approximate surface area is 501 Å². The molecule has 2 N–H and O–H groups in total. The number of rotatable bonds is 25. The summed E-state index contributed by atoms with van der Waals surface area (Å²) in [5, 5.41) is 19.3. The smallest absolute Gasteiger partial charge is 0.445 e. The van der Waals surface area contributed by atoms with Gasteiger partial charge < -0.3 is 57.4 Å². The van der Waals surface area contributed by atoms with Crippen molar-refractivity contribution in [3.8, 4) is 0 Å². The zero-order valence-electron chi connectivity index (χ0n) is 48.9. The summed E-state index contributed by atoms with van der Waals surface area (Å²) in [6.45, 7) is 8.87. The van der Waals surface area contributed by atoms with E-state index in [1.54, 1.807) is 26.0 Å². The number of aliphatic hydroxyl groups excluding tert-OH is 1. The Bertz CT molecular complexity index is 3160. The van der Waals surface area contributed by atoms with Gasteiger partial charge in [0.05, 0.1) is 45.3 Å². The predicted molar refractivity (Wildman–Crippen MR) is 312 cm³/mol. The Balaban J connectivity index is 0.939. The van der Waals surface area contributed by atoms with Crippen molar-refractivity contribution in [1.82, 2.24) is 5.32 Å². The summed E-state index contributed by atoms with van der Waals surface area (Å²) in [4.78, 5) is 16.1. The van der Waals surface area contributed by atoms with Crippen molar-refractivity contribution in [1.29, 1.82) is 0 Å². The highest BCUT2D eigenvalue weighted by atomic mass is 31.2. The van der Waals surface area contributed by atoms with E-state index in [0.717, 1.165) is 24.0 Å². The minimum atomic E-state index is -4.72. The fourth-order valence-electron chi connectivity index (χ4n) is 12.9. The van der Waals surface area contributed by atoms with E-state index in [0.29, 0.717) is 23.1 Å². The van der Waals surface area contributed by atoms with Gasteiger partial charge in [-0.15, -0.1) is 0 Å². The molecule has 21 nitrogen and oxygen atoms in total. The van der Waals surface area contributed by atoms with E-state index >= 15 is 9.13 Å². The van der Waals surface area contributed by atoms with Crippen LogP contribution in [0.2, 0.25) is 0 Å². The average molecular weight is 1220 g/mol. The molecule has 5 aromatic carbocycles. The van der Waals surface area contributed by atoms with E-state index in [1.807, 2.05) is 140 Å². The molecule has 6 aliphatic rings. The van der Waals surface area contributed by atoms with Gasteiger partial charge in [0, 0.05) is 23.3 Å². The van der Waals surface area contributed by atoms with Crippen LogP contribution in [0.15, 0.2) is 157 Å². The molecule has 1 amide bonds. The van der Waals surface area contributed by atoms with E-state index < -0.39 is 112 Å². The van der Waals surface area contributed by atoms with Crippen LogP contribution >= 0.6 is 15.4 Å². The molecule has 3 heterocycles. The van der Waals surface area contributed by atoms with E-state index in [4.69, 9.17) is 60.5 Å². The van der Waals surface area contributed by atoms with Gasteiger partial charge in [-0.3, -0.25) is 18.1 Å². The molecule has 5 aromatic rings. The molecule has 23 heteroatoms. The Morgan fingerprint density at radius 2 is 1.15 bits per heavy atom. The van der Waals surface area contributed by atoms with Gasteiger partial charge in [0.25, 0.3) is 0 Å². The number of benzene rings is 5. The van der Waals surface area contributed by atoms with Crippen molar-refractivity contribution in [2.75, 3.05) is 19.3 Å². The first-order valence-corrected chi connectivity index (χ1v) is 32.5. The topological polar surface area (TPSA) is 252 Å². The number of azide groups is 1. The second-order valence-electron chi connectivity index (χ2n) is 24.0. The molecule has 2 bridgehead atoms. The quantitative estimate of drug-likeness (QED) is 0.0238. The second kappa shape index (κ2) is 26.4. The number of phosphoric ester groups is 1. The van der Waals surface area contributed by atoms with E-state index in [9.17, 15) is 15.4 Å². The van der Waals surface area contributed by atoms with Gasteiger partial charge in [-0.25, -0.2) is 9.36 Å². The fraction of sp³-hybridized carbons (Fsp3) is 0.508. The second-order valence-corrected chi connectivity index (χ2v) is 27.8. The number of fused-ring (bicyclic) bond motifs is 6. The maximum atomic E-state index is 15.8. The van der Waals surface area contributed by atoms with E-state index in [-0.39, 0.29) is 57.1 Å². The zero-order valence-corrected chi connectivity index (χ0v) is 50.6. The summed E-state index contributed by atoms with van der Waals surface area (Å²) in [5.74, 6) is -2.17. The lowest BCUT2D eigenvalue weighted by molar-refractivity contribution is -0.309. The summed E-state index contributed by atoms with van der Waals surface area (Å²) in [6.07, 6.45) is -11.6. The van der Waals surface area contributed by atoms with Crippen molar-refractivity contribution >= 4 is 21.5 Å². The molecular weight excluding hydrogens is 1150 g/mol. The molecular formula is C63H76N4O17P2. The van der Waals surface area contributed by atoms with Gasteiger partial charge in [-0.1, -0.05) is 178 Å². The van der Waals surface area contributed by atoms with E-state index in [1.165, 1.54) is 0 Å². The molecule has 3 saturated carbocycles. The van der Waals surface area contributed by atoms with Crippen LogP contribution in [0.4, 0.5) is 4.79 Å². The number of hydrogen-bond acceptors (Lipinski definition) is 18.